The molecular formula is C21H25FN4O2S. The average molecular weight is 417 g/mol. The summed E-state index contributed by atoms with van der Waals surface area (Å²) in [6, 6.07) is 12.3. The molecule has 0 aliphatic heterocycles. The van der Waals surface area contributed by atoms with Crippen LogP contribution in [-0.4, -0.2) is 21.5 Å². The van der Waals surface area contributed by atoms with Crippen LogP contribution in [0.15, 0.2) is 42.5 Å². The van der Waals surface area contributed by atoms with E-state index in [4.69, 9.17) is 21.7 Å². The highest BCUT2D eigenvalue weighted by Gasteiger charge is 2.14. The first kappa shape index (κ1) is 20.9. The van der Waals surface area contributed by atoms with E-state index in [1.54, 1.807) is 22.9 Å². The zero-order valence-corrected chi connectivity index (χ0v) is 17.4. The van der Waals surface area contributed by atoms with Crippen LogP contribution in [0.25, 0.3) is 0 Å². The van der Waals surface area contributed by atoms with Gasteiger partial charge >= 0.3 is 0 Å². The van der Waals surface area contributed by atoms with Gasteiger partial charge < -0.3 is 14.9 Å². The van der Waals surface area contributed by atoms with Gasteiger partial charge in [-0.05, 0) is 37.7 Å². The molecule has 0 amide bonds. The number of rotatable bonds is 10. The first-order chi connectivity index (χ1) is 14.1. The summed E-state index contributed by atoms with van der Waals surface area (Å²) in [5.41, 5.74) is 4.65. The third kappa shape index (κ3) is 5.14. The van der Waals surface area contributed by atoms with Crippen molar-refractivity contribution in [3.63, 3.8) is 0 Å². The van der Waals surface area contributed by atoms with Crippen molar-refractivity contribution in [3.8, 4) is 11.5 Å². The van der Waals surface area contributed by atoms with Gasteiger partial charge in [0.25, 0.3) is 0 Å². The Morgan fingerprint density at radius 2 is 1.90 bits per heavy atom. The number of hydrogen-bond donors (Lipinski definition) is 2. The van der Waals surface area contributed by atoms with Crippen LogP contribution in [0.4, 0.5) is 4.39 Å². The van der Waals surface area contributed by atoms with Gasteiger partial charge in [0.15, 0.2) is 17.3 Å². The second-order valence-electron chi connectivity index (χ2n) is 6.42. The van der Waals surface area contributed by atoms with E-state index in [2.05, 4.69) is 22.5 Å². The predicted molar refractivity (Wildman–Crippen MR) is 113 cm³/mol. The van der Waals surface area contributed by atoms with E-state index in [0.29, 0.717) is 35.0 Å². The molecule has 0 saturated heterocycles. The number of nitrogens with one attached hydrogen (secondary N) is 2. The smallest absolute Gasteiger partial charge is 0.214 e. The van der Waals surface area contributed by atoms with Crippen LogP contribution < -0.4 is 14.9 Å². The summed E-state index contributed by atoms with van der Waals surface area (Å²) in [6.07, 6.45) is 1.76. The number of benzene rings is 2. The zero-order chi connectivity index (χ0) is 20.6. The Morgan fingerprint density at radius 1 is 1.10 bits per heavy atom. The molecule has 2 aromatic carbocycles. The van der Waals surface area contributed by atoms with Crippen molar-refractivity contribution >= 4 is 12.2 Å². The lowest BCUT2D eigenvalue weighted by atomic mass is 10.1. The number of nitrogens with zero attached hydrogens (tertiary/aromatic N) is 2. The number of aromatic amines is 1. The number of para-hydroxylation sites is 1. The van der Waals surface area contributed by atoms with Gasteiger partial charge in [-0.1, -0.05) is 37.3 Å². The third-order valence-electron chi connectivity index (χ3n) is 4.33. The second-order valence-corrected chi connectivity index (χ2v) is 6.81. The number of ether oxygens (including phenoxy) is 2. The van der Waals surface area contributed by atoms with E-state index in [1.807, 2.05) is 25.1 Å². The Bertz CT molecular complexity index is 1000. The molecule has 0 aliphatic rings. The van der Waals surface area contributed by atoms with Crippen molar-refractivity contribution in [1.82, 2.24) is 14.9 Å². The monoisotopic (exact) mass is 416 g/mol. The van der Waals surface area contributed by atoms with Crippen molar-refractivity contribution in [2.24, 2.45) is 0 Å². The molecule has 1 heterocycles. The summed E-state index contributed by atoms with van der Waals surface area (Å²) in [4.78, 5) is 0. The Morgan fingerprint density at radius 3 is 2.66 bits per heavy atom. The van der Waals surface area contributed by atoms with E-state index < -0.39 is 0 Å². The maximum atomic E-state index is 14.0. The molecule has 0 saturated carbocycles. The standard InChI is InChI=1S/C21H25FN4O2S/c1-3-8-19-24-25-21(29)26(19)23-13-15-10-7-12-18(27-4-2)20(15)28-14-16-9-5-6-11-17(16)22/h5-7,9-12,23H,3-4,8,13-14H2,1-2H3,(H,25,29). The van der Waals surface area contributed by atoms with Crippen molar-refractivity contribution in [1.29, 1.82) is 0 Å². The summed E-state index contributed by atoms with van der Waals surface area (Å²) >= 11 is 5.32. The molecule has 1 aromatic heterocycles. The highest BCUT2D eigenvalue weighted by atomic mass is 32.1. The van der Waals surface area contributed by atoms with Crippen molar-refractivity contribution in [2.75, 3.05) is 12.0 Å². The van der Waals surface area contributed by atoms with E-state index >= 15 is 0 Å². The summed E-state index contributed by atoms with van der Waals surface area (Å²) in [5, 5.41) is 7.07. The summed E-state index contributed by atoms with van der Waals surface area (Å²) < 4.78 is 28.0. The lowest BCUT2D eigenvalue weighted by Crippen LogP contribution is -2.18. The number of hydrogen-bond acceptors (Lipinski definition) is 5. The fourth-order valence-corrected chi connectivity index (χ4v) is 3.16. The lowest BCUT2D eigenvalue weighted by molar-refractivity contribution is 0.263. The lowest BCUT2D eigenvalue weighted by Gasteiger charge is -2.17. The van der Waals surface area contributed by atoms with Crippen molar-refractivity contribution in [3.05, 3.63) is 70.0 Å². The van der Waals surface area contributed by atoms with Gasteiger partial charge in [-0.3, -0.25) is 5.10 Å². The van der Waals surface area contributed by atoms with Crippen molar-refractivity contribution in [2.45, 2.75) is 39.8 Å². The van der Waals surface area contributed by atoms with Crippen LogP contribution in [0.3, 0.4) is 0 Å². The normalized spacial score (nSPS) is 10.7. The topological polar surface area (TPSA) is 64.1 Å². The van der Waals surface area contributed by atoms with Gasteiger partial charge in [0.2, 0.25) is 4.77 Å². The molecule has 8 heteroatoms. The third-order valence-corrected chi connectivity index (χ3v) is 4.61. The van der Waals surface area contributed by atoms with Crippen LogP contribution in [-0.2, 0) is 19.6 Å². The molecule has 29 heavy (non-hydrogen) atoms. The average Bonchev–Trinajstić information content (AvgIpc) is 3.06. The number of aryl methyl sites for hydroxylation is 1. The molecule has 0 spiro atoms. The first-order valence-corrected chi connectivity index (χ1v) is 10.1. The quantitative estimate of drug-likeness (QED) is 0.467. The van der Waals surface area contributed by atoms with Gasteiger partial charge in [0.05, 0.1) is 13.2 Å². The van der Waals surface area contributed by atoms with Crippen LogP contribution in [0.5, 0.6) is 11.5 Å². The predicted octanol–water partition coefficient (Wildman–Crippen LogP) is 4.75. The highest BCUT2D eigenvalue weighted by Crippen LogP contribution is 2.32. The van der Waals surface area contributed by atoms with Gasteiger partial charge in [-0.25, -0.2) is 9.07 Å². The molecule has 2 N–H and O–H groups in total. The van der Waals surface area contributed by atoms with Gasteiger partial charge in [0, 0.05) is 17.5 Å². The van der Waals surface area contributed by atoms with Crippen LogP contribution in [0.1, 0.15) is 37.2 Å². The SMILES string of the molecule is CCCc1n[nH]c(=S)n1NCc1cccc(OCC)c1OCc1ccccc1F. The number of H-pyrrole nitrogens is 1. The Balaban J connectivity index is 1.83. The molecule has 0 radical (unpaired) electrons. The fraction of sp³-hybridized carbons (Fsp3) is 0.333. The number of aromatic nitrogens is 3. The van der Waals surface area contributed by atoms with Gasteiger partial charge in [-0.2, -0.15) is 5.10 Å². The summed E-state index contributed by atoms with van der Waals surface area (Å²) in [5.74, 6) is 1.74. The van der Waals surface area contributed by atoms with E-state index in [9.17, 15) is 4.39 Å². The molecule has 0 unspecified atom stereocenters. The molecule has 0 atom stereocenters. The zero-order valence-electron chi connectivity index (χ0n) is 16.6. The molecule has 3 rings (SSSR count). The summed E-state index contributed by atoms with van der Waals surface area (Å²) in [6.45, 7) is 5.05. The Hall–Kier alpha value is -2.87. The molecule has 3 aromatic rings. The second kappa shape index (κ2) is 10.1. The minimum atomic E-state index is -0.296. The Kier molecular flexibility index (Phi) is 7.24. The van der Waals surface area contributed by atoms with Crippen LogP contribution >= 0.6 is 12.2 Å². The van der Waals surface area contributed by atoms with Crippen LogP contribution in [0.2, 0.25) is 0 Å². The largest absolute Gasteiger partial charge is 0.490 e. The first-order valence-electron chi connectivity index (χ1n) is 9.65. The number of halogens is 1. The molecular weight excluding hydrogens is 391 g/mol. The maximum absolute atomic E-state index is 14.0. The minimum Gasteiger partial charge on any atom is -0.490 e. The fourth-order valence-electron chi connectivity index (χ4n) is 2.95. The van der Waals surface area contributed by atoms with E-state index in [1.165, 1.54) is 6.07 Å². The maximum Gasteiger partial charge on any atom is 0.214 e. The van der Waals surface area contributed by atoms with E-state index in [-0.39, 0.29) is 12.4 Å². The van der Waals surface area contributed by atoms with Gasteiger partial charge in [0.1, 0.15) is 12.4 Å². The molecule has 154 valence electrons. The van der Waals surface area contributed by atoms with E-state index in [0.717, 1.165) is 24.2 Å². The summed E-state index contributed by atoms with van der Waals surface area (Å²) in [7, 11) is 0. The Labute approximate surface area is 174 Å². The van der Waals surface area contributed by atoms with Crippen molar-refractivity contribution < 1.29 is 13.9 Å². The molecule has 6 nitrogen and oxygen atoms in total. The molecule has 0 fully saturated rings. The minimum absolute atomic E-state index is 0.107. The molecule has 0 bridgehead atoms. The van der Waals surface area contributed by atoms with Crippen LogP contribution in [0, 0.1) is 10.6 Å². The molecule has 0 aliphatic carbocycles. The highest BCUT2D eigenvalue weighted by molar-refractivity contribution is 7.71. The van der Waals surface area contributed by atoms with Gasteiger partial charge in [-0.15, -0.1) is 0 Å².